The third-order valence-electron chi connectivity index (χ3n) is 0. The van der Waals surface area contributed by atoms with Crippen LogP contribution in [0.3, 0.4) is 0 Å². The molecular weight excluding hydrogens is 233 g/mol. The second-order valence-electron chi connectivity index (χ2n) is 0.289. The first-order valence-corrected chi connectivity index (χ1v) is 0.789. The van der Waals surface area contributed by atoms with Crippen molar-refractivity contribution < 1.29 is 22.4 Å². The Morgan fingerprint density at radius 3 is 1.75 bits per heavy atom. The molecule has 0 aliphatic rings. The van der Waals surface area contributed by atoms with E-state index in [2.05, 4.69) is 12.3 Å². The van der Waals surface area contributed by atoms with Crippen molar-refractivity contribution in [3.63, 3.8) is 0 Å². The van der Waals surface area contributed by atoms with Crippen molar-refractivity contribution in [3.05, 3.63) is 0 Å². The van der Waals surface area contributed by atoms with Crippen molar-refractivity contribution in [1.82, 2.24) is 0 Å². The summed E-state index contributed by atoms with van der Waals surface area (Å²) in [7, 11) is 0. The Morgan fingerprint density at radius 2 is 1.75 bits per heavy atom. The minimum absolute atomic E-state index is 0. The number of rotatable bonds is 0. The molecule has 1 radical (unpaired) electrons. The Hall–Kier alpha value is 0.300. The van der Waals surface area contributed by atoms with E-state index in [0.717, 1.165) is 0 Å². The van der Waals surface area contributed by atoms with E-state index in [-0.39, 0.29) is 22.4 Å². The molecule has 27 valence electrons. The Bertz CT molecular complexity index is 24.8. The first-order valence-electron chi connectivity index (χ1n) is 0.789. The SMILES string of the molecule is C#CC.[Au]. The van der Waals surface area contributed by atoms with Crippen molar-refractivity contribution in [1.29, 1.82) is 0 Å². The molecule has 0 bridgehead atoms. The van der Waals surface area contributed by atoms with E-state index >= 15 is 0 Å². The van der Waals surface area contributed by atoms with Crippen LogP contribution < -0.4 is 0 Å². The van der Waals surface area contributed by atoms with E-state index in [1.54, 1.807) is 6.92 Å². The summed E-state index contributed by atoms with van der Waals surface area (Å²) in [6, 6.07) is 0. The molecule has 1 heteroatoms. The van der Waals surface area contributed by atoms with Crippen molar-refractivity contribution >= 4 is 0 Å². The van der Waals surface area contributed by atoms with E-state index in [1.165, 1.54) is 0 Å². The molecule has 4 heavy (non-hydrogen) atoms. The van der Waals surface area contributed by atoms with Crippen molar-refractivity contribution in [2.24, 2.45) is 0 Å². The molecule has 0 nitrogen and oxygen atoms in total. The van der Waals surface area contributed by atoms with Crippen LogP contribution in [0.4, 0.5) is 0 Å². The zero-order valence-electron chi connectivity index (χ0n) is 2.38. The smallest absolute Gasteiger partial charge is 0 e. The number of hydrogen-bond acceptors (Lipinski definition) is 0. The van der Waals surface area contributed by atoms with Gasteiger partial charge in [-0.05, 0) is 6.92 Å². The van der Waals surface area contributed by atoms with Crippen LogP contribution in [0, 0.1) is 12.3 Å². The predicted octanol–water partition coefficient (Wildman–Crippen LogP) is 0.637. The zero-order valence-corrected chi connectivity index (χ0v) is 4.55. The van der Waals surface area contributed by atoms with Crippen LogP contribution in [0.5, 0.6) is 0 Å². The first kappa shape index (κ1) is 8.85. The molecular formula is C3H4Au. The van der Waals surface area contributed by atoms with Gasteiger partial charge in [-0.1, -0.05) is 0 Å². The van der Waals surface area contributed by atoms with Crippen LogP contribution in [0.2, 0.25) is 0 Å². The van der Waals surface area contributed by atoms with Gasteiger partial charge in [0.1, 0.15) is 0 Å². The van der Waals surface area contributed by atoms with Gasteiger partial charge in [0.25, 0.3) is 0 Å². The normalized spacial score (nSPS) is 2.00. The van der Waals surface area contributed by atoms with Crippen LogP contribution >= 0.6 is 0 Å². The van der Waals surface area contributed by atoms with Gasteiger partial charge in [-0.3, -0.25) is 0 Å². The maximum atomic E-state index is 4.60. The molecule has 0 aliphatic carbocycles. The number of hydrogen-bond donors (Lipinski definition) is 0. The summed E-state index contributed by atoms with van der Waals surface area (Å²) in [6.07, 6.45) is 4.60. The number of terminal acetylenes is 1. The van der Waals surface area contributed by atoms with Gasteiger partial charge in [0.15, 0.2) is 0 Å². The van der Waals surface area contributed by atoms with Crippen LogP contribution in [0.1, 0.15) is 6.92 Å². The zero-order chi connectivity index (χ0) is 2.71. The summed E-state index contributed by atoms with van der Waals surface area (Å²) in [5.41, 5.74) is 0. The predicted molar refractivity (Wildman–Crippen MR) is 14.5 cm³/mol. The molecule has 0 amide bonds. The molecule has 0 aromatic carbocycles. The van der Waals surface area contributed by atoms with Crippen molar-refractivity contribution in [2.45, 2.75) is 6.92 Å². The second-order valence-corrected chi connectivity index (χ2v) is 0.289. The molecule has 0 heterocycles. The van der Waals surface area contributed by atoms with Gasteiger partial charge in [0.05, 0.1) is 0 Å². The molecule has 0 spiro atoms. The summed E-state index contributed by atoms with van der Waals surface area (Å²) in [5, 5.41) is 0. The monoisotopic (exact) mass is 237 g/mol. The van der Waals surface area contributed by atoms with Gasteiger partial charge >= 0.3 is 0 Å². The Balaban J connectivity index is 0. The summed E-state index contributed by atoms with van der Waals surface area (Å²) in [4.78, 5) is 0. The molecule has 0 aliphatic heterocycles. The molecule has 0 fully saturated rings. The van der Waals surface area contributed by atoms with E-state index in [9.17, 15) is 0 Å². The van der Waals surface area contributed by atoms with E-state index in [0.29, 0.717) is 0 Å². The van der Waals surface area contributed by atoms with Gasteiger partial charge in [-0.2, -0.15) is 0 Å². The molecule has 0 rings (SSSR count). The molecule has 0 saturated carbocycles. The minimum atomic E-state index is 0. The van der Waals surface area contributed by atoms with E-state index < -0.39 is 0 Å². The third kappa shape index (κ3) is 43.1. The van der Waals surface area contributed by atoms with Crippen molar-refractivity contribution in [3.8, 4) is 12.3 Å². The average Bonchev–Trinajstić information content (AvgIpc) is 0.918. The second kappa shape index (κ2) is 10.3. The summed E-state index contributed by atoms with van der Waals surface area (Å²) in [5.74, 6) is 2.25. The maximum absolute atomic E-state index is 4.60. The maximum Gasteiger partial charge on any atom is 0 e. The summed E-state index contributed by atoms with van der Waals surface area (Å²) >= 11 is 0. The van der Waals surface area contributed by atoms with Gasteiger partial charge in [-0.15, -0.1) is 12.3 Å². The van der Waals surface area contributed by atoms with Crippen LogP contribution in [0.15, 0.2) is 0 Å². The van der Waals surface area contributed by atoms with Gasteiger partial charge in [-0.25, -0.2) is 0 Å². The fraction of sp³-hybridized carbons (Fsp3) is 0.333. The van der Waals surface area contributed by atoms with Gasteiger partial charge in [0.2, 0.25) is 0 Å². The summed E-state index contributed by atoms with van der Waals surface area (Å²) < 4.78 is 0. The quantitative estimate of drug-likeness (QED) is 0.428. The largest absolute Gasteiger partial charge is 0.120 e. The minimum Gasteiger partial charge on any atom is -0.120 e. The van der Waals surface area contributed by atoms with Gasteiger partial charge < -0.3 is 0 Å². The standard InChI is InChI=1S/C3H4.Au/c1-3-2;/h1H,2H3;. The molecule has 0 saturated heterocycles. The Kier molecular flexibility index (Phi) is 22.9. The third-order valence-corrected chi connectivity index (χ3v) is 0. The average molecular weight is 237 g/mol. The van der Waals surface area contributed by atoms with Crippen molar-refractivity contribution in [2.75, 3.05) is 0 Å². The Morgan fingerprint density at radius 1 is 1.75 bits per heavy atom. The summed E-state index contributed by atoms with van der Waals surface area (Å²) in [6.45, 7) is 1.65. The first-order chi connectivity index (χ1) is 1.41. The molecule has 0 aromatic heterocycles. The fourth-order valence-corrected chi connectivity index (χ4v) is 0. The van der Waals surface area contributed by atoms with Crippen LogP contribution in [-0.4, -0.2) is 0 Å². The van der Waals surface area contributed by atoms with E-state index in [4.69, 9.17) is 0 Å². The van der Waals surface area contributed by atoms with E-state index in [1.807, 2.05) is 0 Å². The fourth-order valence-electron chi connectivity index (χ4n) is 0. The molecule has 0 atom stereocenters. The van der Waals surface area contributed by atoms with Gasteiger partial charge in [0, 0.05) is 22.4 Å². The topological polar surface area (TPSA) is 0 Å². The molecule has 0 unspecified atom stereocenters. The Labute approximate surface area is 42.1 Å². The molecule has 0 N–H and O–H groups in total. The molecule has 0 aromatic rings. The van der Waals surface area contributed by atoms with Crippen LogP contribution in [0.25, 0.3) is 0 Å². The van der Waals surface area contributed by atoms with Crippen LogP contribution in [-0.2, 0) is 22.4 Å².